The van der Waals surface area contributed by atoms with Crippen LogP contribution >= 0.6 is 11.6 Å². The zero-order valence-corrected chi connectivity index (χ0v) is 16.5. The number of rotatable bonds is 3. The summed E-state index contributed by atoms with van der Waals surface area (Å²) >= 11 is 6.01. The zero-order valence-electron chi connectivity index (χ0n) is 15.8. The van der Waals surface area contributed by atoms with E-state index in [1.54, 1.807) is 25.1 Å². The van der Waals surface area contributed by atoms with E-state index >= 15 is 0 Å². The van der Waals surface area contributed by atoms with Crippen LogP contribution in [0.2, 0.25) is 5.02 Å². The van der Waals surface area contributed by atoms with Gasteiger partial charge in [-0.25, -0.2) is 0 Å². The fourth-order valence-corrected chi connectivity index (χ4v) is 3.48. The van der Waals surface area contributed by atoms with Crippen molar-refractivity contribution in [2.45, 2.75) is 26.4 Å². The number of carbonyl (C=O) groups excluding carboxylic acids is 1. The molecular weight excluding hydrogens is 421 g/mol. The predicted molar refractivity (Wildman–Crippen MR) is 103 cm³/mol. The van der Waals surface area contributed by atoms with Crippen molar-refractivity contribution in [1.29, 1.82) is 0 Å². The molecule has 0 aliphatic heterocycles. The van der Waals surface area contributed by atoms with Crippen molar-refractivity contribution in [3.8, 4) is 11.5 Å². The summed E-state index contributed by atoms with van der Waals surface area (Å²) in [5.74, 6) is -0.326. The van der Waals surface area contributed by atoms with E-state index in [0.717, 1.165) is 16.8 Å². The van der Waals surface area contributed by atoms with Crippen LogP contribution in [0.4, 0.5) is 13.2 Å². The minimum atomic E-state index is -4.75. The summed E-state index contributed by atoms with van der Waals surface area (Å²) in [6.07, 6.45) is -4.27. The summed E-state index contributed by atoms with van der Waals surface area (Å²) in [6, 6.07) is 8.23. The quantitative estimate of drug-likeness (QED) is 0.436. The number of hydrogen-bond acceptors (Lipinski definition) is 5. The van der Waals surface area contributed by atoms with Gasteiger partial charge in [0.25, 0.3) is 11.8 Å². The van der Waals surface area contributed by atoms with E-state index in [4.69, 9.17) is 16.1 Å². The van der Waals surface area contributed by atoms with Gasteiger partial charge in [-0.2, -0.15) is 27.9 Å². The third-order valence-electron chi connectivity index (χ3n) is 4.59. The van der Waals surface area contributed by atoms with Gasteiger partial charge in [0.15, 0.2) is 5.82 Å². The van der Waals surface area contributed by atoms with E-state index in [0.29, 0.717) is 34.4 Å². The van der Waals surface area contributed by atoms with Crippen LogP contribution in [0.3, 0.4) is 0 Å². The summed E-state index contributed by atoms with van der Waals surface area (Å²) in [5, 5.41) is 8.32. The molecule has 0 fully saturated rings. The molecule has 0 saturated heterocycles. The number of hydrogen-bond donors (Lipinski definition) is 0. The summed E-state index contributed by atoms with van der Waals surface area (Å²) in [4.78, 5) is 17.3. The van der Waals surface area contributed by atoms with Crippen molar-refractivity contribution in [2.24, 2.45) is 0 Å². The lowest BCUT2D eigenvalue weighted by atomic mass is 10.1. The van der Waals surface area contributed by atoms with Crippen LogP contribution in [0.15, 0.2) is 40.9 Å². The Hall–Kier alpha value is -3.20. The van der Waals surface area contributed by atoms with Gasteiger partial charge in [0.05, 0.1) is 27.4 Å². The number of halogens is 4. The van der Waals surface area contributed by atoms with E-state index in [-0.39, 0.29) is 10.9 Å². The van der Waals surface area contributed by atoms with Gasteiger partial charge in [0, 0.05) is 10.9 Å². The monoisotopic (exact) mass is 434 g/mol. The van der Waals surface area contributed by atoms with Crippen molar-refractivity contribution in [2.75, 3.05) is 0 Å². The molecule has 154 valence electrons. The Labute approximate surface area is 173 Å². The normalized spacial score (nSPS) is 11.9. The number of aromatic nitrogens is 4. The molecule has 30 heavy (non-hydrogen) atoms. The standard InChI is InChI=1S/C20H14ClF3N4O2/c1-3-15-12-8-7-11(18-25-10(2)27-30-18)9-16(12)28(26-15)19(29)17-13(20(22,23)24)5-4-6-14(17)21/h4-9H,3H2,1-2H3. The molecule has 2 heterocycles. The van der Waals surface area contributed by atoms with Crippen molar-refractivity contribution < 1.29 is 22.5 Å². The van der Waals surface area contributed by atoms with Gasteiger partial charge in [-0.15, -0.1) is 0 Å². The van der Waals surface area contributed by atoms with Crippen molar-refractivity contribution in [3.05, 3.63) is 64.1 Å². The van der Waals surface area contributed by atoms with E-state index in [1.807, 2.05) is 6.92 Å². The Kier molecular flexibility index (Phi) is 4.85. The molecule has 2 aromatic heterocycles. The lowest BCUT2D eigenvalue weighted by Crippen LogP contribution is -2.20. The minimum Gasteiger partial charge on any atom is -0.334 e. The third kappa shape index (κ3) is 3.35. The lowest BCUT2D eigenvalue weighted by Gasteiger charge is -2.13. The van der Waals surface area contributed by atoms with Crippen LogP contribution in [0.1, 0.15) is 34.4 Å². The molecule has 4 rings (SSSR count). The van der Waals surface area contributed by atoms with Crippen molar-refractivity contribution in [1.82, 2.24) is 19.9 Å². The number of fused-ring (bicyclic) bond motifs is 1. The molecular formula is C20H14ClF3N4O2. The zero-order chi connectivity index (χ0) is 21.6. The number of alkyl halides is 3. The SMILES string of the molecule is CCc1nn(C(=O)c2c(Cl)cccc2C(F)(F)F)c2cc(-c3nc(C)no3)ccc12. The van der Waals surface area contributed by atoms with Crippen LogP contribution in [-0.2, 0) is 12.6 Å². The third-order valence-corrected chi connectivity index (χ3v) is 4.91. The first-order chi connectivity index (χ1) is 14.2. The highest BCUT2D eigenvalue weighted by molar-refractivity contribution is 6.34. The van der Waals surface area contributed by atoms with Crippen molar-refractivity contribution in [3.63, 3.8) is 0 Å². The van der Waals surface area contributed by atoms with E-state index in [1.165, 1.54) is 6.07 Å². The van der Waals surface area contributed by atoms with E-state index in [9.17, 15) is 18.0 Å². The number of nitrogens with zero attached hydrogens (tertiary/aromatic N) is 4. The fourth-order valence-electron chi connectivity index (χ4n) is 3.23. The molecule has 2 aromatic carbocycles. The molecule has 0 radical (unpaired) electrons. The Balaban J connectivity index is 1.94. The van der Waals surface area contributed by atoms with E-state index in [2.05, 4.69) is 15.2 Å². The summed E-state index contributed by atoms with van der Waals surface area (Å²) in [7, 11) is 0. The van der Waals surface area contributed by atoms with Gasteiger partial charge >= 0.3 is 6.18 Å². The maximum Gasteiger partial charge on any atom is 0.417 e. The van der Waals surface area contributed by atoms with Gasteiger partial charge in [0.2, 0.25) is 0 Å². The molecule has 10 heteroatoms. The topological polar surface area (TPSA) is 73.8 Å². The summed E-state index contributed by atoms with van der Waals surface area (Å²) in [5.41, 5.74) is -0.386. The molecule has 0 saturated carbocycles. The average molecular weight is 435 g/mol. The first kappa shape index (κ1) is 20.1. The van der Waals surface area contributed by atoms with Crippen LogP contribution in [-0.4, -0.2) is 25.8 Å². The second-order valence-corrected chi connectivity index (χ2v) is 6.96. The van der Waals surface area contributed by atoms with Gasteiger partial charge < -0.3 is 4.52 Å². The second-order valence-electron chi connectivity index (χ2n) is 6.56. The van der Waals surface area contributed by atoms with Crippen molar-refractivity contribution >= 4 is 28.4 Å². The Morgan fingerprint density at radius 2 is 2.00 bits per heavy atom. The molecule has 0 spiro atoms. The molecule has 0 N–H and O–H groups in total. The lowest BCUT2D eigenvalue weighted by molar-refractivity contribution is -0.137. The first-order valence-corrected chi connectivity index (χ1v) is 9.31. The first-order valence-electron chi connectivity index (χ1n) is 8.93. The molecule has 0 aliphatic rings. The fraction of sp³-hybridized carbons (Fsp3) is 0.200. The Bertz CT molecular complexity index is 1280. The van der Waals surface area contributed by atoms with E-state index < -0.39 is 23.2 Å². The number of carbonyl (C=O) groups is 1. The summed E-state index contributed by atoms with van der Waals surface area (Å²) < 4.78 is 46.6. The van der Waals surface area contributed by atoms with Gasteiger partial charge in [-0.1, -0.05) is 35.8 Å². The van der Waals surface area contributed by atoms with Gasteiger partial charge in [-0.3, -0.25) is 4.79 Å². The highest BCUT2D eigenvalue weighted by atomic mass is 35.5. The largest absolute Gasteiger partial charge is 0.417 e. The van der Waals surface area contributed by atoms with Crippen LogP contribution in [0, 0.1) is 6.92 Å². The van der Waals surface area contributed by atoms with Gasteiger partial charge in [-0.05, 0) is 37.6 Å². The molecule has 0 bridgehead atoms. The Morgan fingerprint density at radius 1 is 1.23 bits per heavy atom. The summed E-state index contributed by atoms with van der Waals surface area (Å²) in [6.45, 7) is 3.49. The molecule has 6 nitrogen and oxygen atoms in total. The number of aryl methyl sites for hydroxylation is 2. The van der Waals surface area contributed by atoms with Crippen LogP contribution in [0.5, 0.6) is 0 Å². The van der Waals surface area contributed by atoms with Crippen LogP contribution in [0.25, 0.3) is 22.4 Å². The smallest absolute Gasteiger partial charge is 0.334 e. The van der Waals surface area contributed by atoms with Gasteiger partial charge in [0.1, 0.15) is 0 Å². The molecule has 0 unspecified atom stereocenters. The molecule has 4 aromatic rings. The van der Waals surface area contributed by atoms with Crippen LogP contribution < -0.4 is 0 Å². The maximum atomic E-state index is 13.5. The molecule has 0 atom stereocenters. The second kappa shape index (κ2) is 7.24. The average Bonchev–Trinajstić information content (AvgIpc) is 3.29. The predicted octanol–water partition coefficient (Wildman–Crippen LogP) is 5.32. The molecule has 0 amide bonds. The molecule has 0 aliphatic carbocycles. The maximum absolute atomic E-state index is 13.5. The highest BCUT2D eigenvalue weighted by Crippen LogP contribution is 2.36. The highest BCUT2D eigenvalue weighted by Gasteiger charge is 2.37. The number of benzene rings is 2. The Morgan fingerprint density at radius 3 is 2.63 bits per heavy atom. The minimum absolute atomic E-state index is 0.223.